The minimum absolute atomic E-state index is 0.241. The molecular weight excluding hydrogens is 372 g/mol. The van der Waals surface area contributed by atoms with Crippen molar-refractivity contribution in [2.75, 3.05) is 13.1 Å². The Bertz CT molecular complexity index is 608. The Balaban J connectivity index is 2.21. The number of piperidine rings is 1. The standard InChI is InChI=1S/C11H12BrClN2O2S2/c1-11(7-14)2-4-15(5-3-11)19(16,17)9-6-8(13)10(12)18-9/h6H,2-5H2,1H3. The van der Waals surface area contributed by atoms with E-state index in [0.29, 0.717) is 34.7 Å². The van der Waals surface area contributed by atoms with Gasteiger partial charge in [0.1, 0.15) is 4.21 Å². The van der Waals surface area contributed by atoms with Crippen molar-refractivity contribution in [1.29, 1.82) is 5.26 Å². The van der Waals surface area contributed by atoms with E-state index >= 15 is 0 Å². The molecule has 1 saturated heterocycles. The third-order valence-corrected chi connectivity index (χ3v) is 8.14. The summed E-state index contributed by atoms with van der Waals surface area (Å²) < 4.78 is 27.1. The van der Waals surface area contributed by atoms with E-state index < -0.39 is 15.4 Å². The first-order chi connectivity index (χ1) is 8.78. The lowest BCUT2D eigenvalue weighted by Crippen LogP contribution is -2.41. The Morgan fingerprint density at radius 3 is 2.53 bits per heavy atom. The van der Waals surface area contributed by atoms with E-state index in [1.165, 1.54) is 10.4 Å². The fourth-order valence-electron chi connectivity index (χ4n) is 1.91. The fraction of sp³-hybridized carbons (Fsp3) is 0.545. The fourth-order valence-corrected chi connectivity index (χ4v) is 5.91. The van der Waals surface area contributed by atoms with E-state index in [0.717, 1.165) is 11.3 Å². The van der Waals surface area contributed by atoms with Crippen LogP contribution in [0.5, 0.6) is 0 Å². The van der Waals surface area contributed by atoms with Gasteiger partial charge in [-0.2, -0.15) is 9.57 Å². The first kappa shape index (κ1) is 15.3. The summed E-state index contributed by atoms with van der Waals surface area (Å²) in [5.74, 6) is 0. The van der Waals surface area contributed by atoms with E-state index in [1.54, 1.807) is 0 Å². The second-order valence-corrected chi connectivity index (χ2v) is 9.71. The molecule has 2 rings (SSSR count). The zero-order valence-electron chi connectivity index (χ0n) is 10.2. The van der Waals surface area contributed by atoms with Crippen LogP contribution in [-0.2, 0) is 10.0 Å². The summed E-state index contributed by atoms with van der Waals surface area (Å²) in [5.41, 5.74) is -0.417. The average molecular weight is 384 g/mol. The van der Waals surface area contributed by atoms with E-state index in [4.69, 9.17) is 16.9 Å². The Morgan fingerprint density at radius 2 is 2.11 bits per heavy atom. The highest BCUT2D eigenvalue weighted by molar-refractivity contribution is 9.11. The Kier molecular flexibility index (Phi) is 4.29. The SMILES string of the molecule is CC1(C#N)CCN(S(=O)(=O)c2cc(Cl)c(Br)s2)CC1. The van der Waals surface area contributed by atoms with Gasteiger partial charge in [-0.25, -0.2) is 8.42 Å². The van der Waals surface area contributed by atoms with Crippen molar-refractivity contribution in [2.45, 2.75) is 24.0 Å². The topological polar surface area (TPSA) is 61.2 Å². The van der Waals surface area contributed by atoms with Gasteiger partial charge in [0.05, 0.1) is 20.3 Å². The molecule has 104 valence electrons. The van der Waals surface area contributed by atoms with Crippen LogP contribution >= 0.6 is 38.9 Å². The molecule has 4 nitrogen and oxygen atoms in total. The largest absolute Gasteiger partial charge is 0.252 e. The Labute approximate surface area is 130 Å². The average Bonchev–Trinajstić information content (AvgIpc) is 2.71. The molecule has 0 amide bonds. The highest BCUT2D eigenvalue weighted by Gasteiger charge is 2.36. The summed E-state index contributed by atoms with van der Waals surface area (Å²) in [6.45, 7) is 2.62. The van der Waals surface area contributed by atoms with Crippen LogP contribution in [0.3, 0.4) is 0 Å². The van der Waals surface area contributed by atoms with Gasteiger partial charge in [0, 0.05) is 13.1 Å². The number of hydrogen-bond acceptors (Lipinski definition) is 4. The van der Waals surface area contributed by atoms with Crippen molar-refractivity contribution >= 4 is 48.9 Å². The molecule has 0 aliphatic carbocycles. The third-order valence-electron chi connectivity index (χ3n) is 3.31. The summed E-state index contributed by atoms with van der Waals surface area (Å²) in [4.78, 5) is 0. The van der Waals surface area contributed by atoms with E-state index in [-0.39, 0.29) is 4.21 Å². The predicted molar refractivity (Wildman–Crippen MR) is 78.7 cm³/mol. The highest BCUT2D eigenvalue weighted by Crippen LogP contribution is 2.38. The monoisotopic (exact) mass is 382 g/mol. The maximum absolute atomic E-state index is 12.4. The number of nitriles is 1. The van der Waals surface area contributed by atoms with Gasteiger partial charge in [0.15, 0.2) is 0 Å². The van der Waals surface area contributed by atoms with Crippen LogP contribution in [0.4, 0.5) is 0 Å². The molecule has 8 heteroatoms. The summed E-state index contributed by atoms with van der Waals surface area (Å²) >= 11 is 10.2. The normalized spacial score (nSPS) is 20.1. The summed E-state index contributed by atoms with van der Waals surface area (Å²) in [5, 5.41) is 9.46. The van der Waals surface area contributed by atoms with Crippen molar-refractivity contribution < 1.29 is 8.42 Å². The molecule has 0 radical (unpaired) electrons. The Morgan fingerprint density at radius 1 is 1.53 bits per heavy atom. The number of thiophene rings is 1. The van der Waals surface area contributed by atoms with Crippen LogP contribution < -0.4 is 0 Å². The molecule has 0 atom stereocenters. The van der Waals surface area contributed by atoms with Gasteiger partial charge >= 0.3 is 0 Å². The lowest BCUT2D eigenvalue weighted by molar-refractivity contribution is 0.232. The van der Waals surface area contributed by atoms with Gasteiger partial charge < -0.3 is 0 Å². The zero-order valence-corrected chi connectivity index (χ0v) is 14.2. The summed E-state index contributed by atoms with van der Waals surface area (Å²) in [7, 11) is -3.49. The highest BCUT2D eigenvalue weighted by atomic mass is 79.9. The molecule has 0 aromatic carbocycles. The van der Waals surface area contributed by atoms with Crippen molar-refractivity contribution in [3.8, 4) is 6.07 Å². The number of nitrogens with zero attached hydrogens (tertiary/aromatic N) is 2. The van der Waals surface area contributed by atoms with Crippen LogP contribution in [-0.4, -0.2) is 25.8 Å². The molecule has 1 aliphatic heterocycles. The van der Waals surface area contributed by atoms with Crippen LogP contribution in [0.1, 0.15) is 19.8 Å². The molecule has 1 aliphatic rings. The third kappa shape index (κ3) is 2.98. The molecule has 0 unspecified atom stereocenters. The lowest BCUT2D eigenvalue weighted by atomic mass is 9.83. The molecule has 1 fully saturated rings. The first-order valence-corrected chi connectivity index (χ1v) is 9.07. The molecule has 0 saturated carbocycles. The van der Waals surface area contributed by atoms with Crippen molar-refractivity contribution in [2.24, 2.45) is 5.41 Å². The number of hydrogen-bond donors (Lipinski definition) is 0. The van der Waals surface area contributed by atoms with Gasteiger partial charge in [-0.05, 0) is 41.8 Å². The van der Waals surface area contributed by atoms with Crippen LogP contribution in [0.15, 0.2) is 14.1 Å². The molecule has 1 aromatic rings. The van der Waals surface area contributed by atoms with E-state index in [9.17, 15) is 8.42 Å². The summed E-state index contributed by atoms with van der Waals surface area (Å²) in [6, 6.07) is 3.72. The van der Waals surface area contributed by atoms with Crippen LogP contribution in [0.25, 0.3) is 0 Å². The van der Waals surface area contributed by atoms with E-state index in [2.05, 4.69) is 22.0 Å². The van der Waals surface area contributed by atoms with Crippen molar-refractivity contribution in [1.82, 2.24) is 4.31 Å². The molecule has 0 spiro atoms. The molecular formula is C11H12BrClN2O2S2. The van der Waals surface area contributed by atoms with Crippen molar-refractivity contribution in [3.05, 3.63) is 14.9 Å². The molecule has 19 heavy (non-hydrogen) atoms. The Hall–Kier alpha value is -0.130. The first-order valence-electron chi connectivity index (χ1n) is 5.65. The zero-order chi connectivity index (χ0) is 14.3. The summed E-state index contributed by atoms with van der Waals surface area (Å²) in [6.07, 6.45) is 1.12. The smallest absolute Gasteiger partial charge is 0.206 e. The second kappa shape index (κ2) is 5.34. The van der Waals surface area contributed by atoms with E-state index in [1.807, 2.05) is 6.92 Å². The molecule has 2 heterocycles. The van der Waals surface area contributed by atoms with Crippen LogP contribution in [0.2, 0.25) is 5.02 Å². The van der Waals surface area contributed by atoms with Gasteiger partial charge in [0.2, 0.25) is 0 Å². The molecule has 0 bridgehead atoms. The minimum atomic E-state index is -3.49. The number of halogens is 2. The molecule has 1 aromatic heterocycles. The van der Waals surface area contributed by atoms with Gasteiger partial charge in [0.25, 0.3) is 10.0 Å². The minimum Gasteiger partial charge on any atom is -0.206 e. The maximum atomic E-state index is 12.4. The van der Waals surface area contributed by atoms with Crippen molar-refractivity contribution in [3.63, 3.8) is 0 Å². The predicted octanol–water partition coefficient (Wildman–Crippen LogP) is 3.48. The quantitative estimate of drug-likeness (QED) is 0.785. The van der Waals surface area contributed by atoms with Gasteiger partial charge in [-0.1, -0.05) is 11.6 Å². The number of sulfonamides is 1. The van der Waals surface area contributed by atoms with Gasteiger partial charge in [-0.15, -0.1) is 11.3 Å². The van der Waals surface area contributed by atoms with Gasteiger partial charge in [-0.3, -0.25) is 0 Å². The second-order valence-electron chi connectivity index (χ2n) is 4.76. The number of rotatable bonds is 2. The maximum Gasteiger partial charge on any atom is 0.252 e. The van der Waals surface area contributed by atoms with Crippen LogP contribution in [0, 0.1) is 16.7 Å². The lowest BCUT2D eigenvalue weighted by Gasteiger charge is -2.33. The molecule has 0 N–H and O–H groups in total.